The van der Waals surface area contributed by atoms with E-state index in [1.54, 1.807) is 16.7 Å². The summed E-state index contributed by atoms with van der Waals surface area (Å²) in [6.45, 7) is 8.06. The summed E-state index contributed by atoms with van der Waals surface area (Å²) in [4.78, 5) is 28.4. The van der Waals surface area contributed by atoms with E-state index in [1.807, 2.05) is 13.8 Å². The number of hydrogen-bond donors (Lipinski definition) is 1. The first-order valence-corrected chi connectivity index (χ1v) is 9.16. The van der Waals surface area contributed by atoms with Crippen LogP contribution < -0.4 is 5.32 Å². The summed E-state index contributed by atoms with van der Waals surface area (Å²) < 4.78 is 26.4. The minimum atomic E-state index is -0.924. The normalized spacial score (nSPS) is 16.3. The monoisotopic (exact) mass is 367 g/mol. The van der Waals surface area contributed by atoms with Crippen LogP contribution in [0.4, 0.5) is 13.6 Å². The van der Waals surface area contributed by atoms with E-state index in [1.165, 1.54) is 6.07 Å². The van der Waals surface area contributed by atoms with Gasteiger partial charge in [0.25, 0.3) is 0 Å². The SMILES string of the molecule is CCN(CC)C(=O)N1CCC(C(=O)NC(C)c2ccc(F)c(F)c2)CC1. The van der Waals surface area contributed by atoms with Gasteiger partial charge in [-0.3, -0.25) is 4.79 Å². The molecule has 0 spiro atoms. The predicted octanol–water partition coefficient (Wildman–Crippen LogP) is 3.32. The minimum Gasteiger partial charge on any atom is -0.349 e. The van der Waals surface area contributed by atoms with Crippen LogP contribution in [0.15, 0.2) is 18.2 Å². The molecule has 1 aliphatic heterocycles. The molecule has 0 saturated carbocycles. The van der Waals surface area contributed by atoms with Crippen molar-refractivity contribution >= 4 is 11.9 Å². The third-order valence-corrected chi connectivity index (χ3v) is 4.97. The molecule has 1 fully saturated rings. The van der Waals surface area contributed by atoms with Gasteiger partial charge in [-0.25, -0.2) is 13.6 Å². The molecule has 7 heteroatoms. The highest BCUT2D eigenvalue weighted by atomic mass is 19.2. The van der Waals surface area contributed by atoms with E-state index < -0.39 is 17.7 Å². The molecule has 1 saturated heterocycles. The van der Waals surface area contributed by atoms with Crippen LogP contribution in [0.2, 0.25) is 0 Å². The molecular formula is C19H27F2N3O2. The summed E-state index contributed by atoms with van der Waals surface area (Å²) in [5.74, 6) is -2.12. The van der Waals surface area contributed by atoms with Crippen molar-refractivity contribution in [1.29, 1.82) is 0 Å². The standard InChI is InChI=1S/C19H27F2N3O2/c1-4-23(5-2)19(26)24-10-8-14(9-11-24)18(25)22-13(3)15-6-7-16(20)17(21)12-15/h6-7,12-14H,4-5,8-11H2,1-3H3,(H,22,25). The van der Waals surface area contributed by atoms with Crippen molar-refractivity contribution in [2.75, 3.05) is 26.2 Å². The fraction of sp³-hybridized carbons (Fsp3) is 0.579. The lowest BCUT2D eigenvalue weighted by Crippen LogP contribution is -2.48. The third-order valence-electron chi connectivity index (χ3n) is 4.97. The molecule has 1 aliphatic rings. The number of piperidine rings is 1. The molecule has 1 N–H and O–H groups in total. The van der Waals surface area contributed by atoms with Crippen molar-refractivity contribution < 1.29 is 18.4 Å². The Hall–Kier alpha value is -2.18. The summed E-state index contributed by atoms with van der Waals surface area (Å²) >= 11 is 0. The molecule has 1 aromatic carbocycles. The molecule has 3 amide bonds. The summed E-state index contributed by atoms with van der Waals surface area (Å²) in [6.07, 6.45) is 1.20. The number of rotatable bonds is 5. The van der Waals surface area contributed by atoms with Gasteiger partial charge >= 0.3 is 6.03 Å². The van der Waals surface area contributed by atoms with Gasteiger partial charge < -0.3 is 15.1 Å². The molecule has 144 valence electrons. The van der Waals surface area contributed by atoms with Gasteiger partial charge in [-0.1, -0.05) is 6.07 Å². The molecule has 0 aliphatic carbocycles. The number of nitrogens with zero attached hydrogens (tertiary/aromatic N) is 2. The minimum absolute atomic E-state index is 0.0176. The molecule has 0 aromatic heterocycles. The summed E-state index contributed by atoms with van der Waals surface area (Å²) in [7, 11) is 0. The van der Waals surface area contributed by atoms with Crippen LogP contribution >= 0.6 is 0 Å². The number of urea groups is 1. The van der Waals surface area contributed by atoms with E-state index in [9.17, 15) is 18.4 Å². The summed E-state index contributed by atoms with van der Waals surface area (Å²) in [5, 5.41) is 2.86. The van der Waals surface area contributed by atoms with E-state index in [4.69, 9.17) is 0 Å². The first-order chi connectivity index (χ1) is 12.4. The number of amides is 3. The maximum absolute atomic E-state index is 13.3. The highest BCUT2D eigenvalue weighted by molar-refractivity contribution is 5.80. The Morgan fingerprint density at radius 3 is 2.35 bits per heavy atom. The first kappa shape index (κ1) is 20.1. The van der Waals surface area contributed by atoms with Gasteiger partial charge in [-0.2, -0.15) is 0 Å². The molecule has 2 rings (SSSR count). The van der Waals surface area contributed by atoms with Crippen molar-refractivity contribution in [2.24, 2.45) is 5.92 Å². The Morgan fingerprint density at radius 1 is 1.19 bits per heavy atom. The van der Waals surface area contributed by atoms with Crippen LogP contribution in [0.3, 0.4) is 0 Å². The largest absolute Gasteiger partial charge is 0.349 e. The number of carbonyl (C=O) groups excluding carboxylic acids is 2. The maximum Gasteiger partial charge on any atom is 0.319 e. The highest BCUT2D eigenvalue weighted by Crippen LogP contribution is 2.21. The van der Waals surface area contributed by atoms with Crippen molar-refractivity contribution in [3.05, 3.63) is 35.4 Å². The predicted molar refractivity (Wildman–Crippen MR) is 95.5 cm³/mol. The Bertz CT molecular complexity index is 642. The Labute approximate surface area is 153 Å². The van der Waals surface area contributed by atoms with Crippen LogP contribution in [0, 0.1) is 17.6 Å². The van der Waals surface area contributed by atoms with Crippen LogP contribution in [-0.4, -0.2) is 47.9 Å². The molecule has 26 heavy (non-hydrogen) atoms. The van der Waals surface area contributed by atoms with Gasteiger partial charge in [-0.15, -0.1) is 0 Å². The van der Waals surface area contributed by atoms with Crippen LogP contribution in [0.5, 0.6) is 0 Å². The molecule has 1 heterocycles. The van der Waals surface area contributed by atoms with Crippen LogP contribution in [0.25, 0.3) is 0 Å². The van der Waals surface area contributed by atoms with Gasteiger partial charge in [0.1, 0.15) is 0 Å². The lowest BCUT2D eigenvalue weighted by molar-refractivity contribution is -0.127. The van der Waals surface area contributed by atoms with Crippen molar-refractivity contribution in [3.63, 3.8) is 0 Å². The van der Waals surface area contributed by atoms with Gasteiger partial charge in [0.15, 0.2) is 11.6 Å². The number of benzene rings is 1. The quantitative estimate of drug-likeness (QED) is 0.868. The number of carbonyl (C=O) groups is 2. The van der Waals surface area contributed by atoms with E-state index in [-0.39, 0.29) is 17.9 Å². The average Bonchev–Trinajstić information content (AvgIpc) is 2.64. The van der Waals surface area contributed by atoms with Gasteiger partial charge in [0.05, 0.1) is 6.04 Å². The zero-order valence-corrected chi connectivity index (χ0v) is 15.6. The molecular weight excluding hydrogens is 340 g/mol. The summed E-state index contributed by atoms with van der Waals surface area (Å²) in [6, 6.07) is 3.24. The lowest BCUT2D eigenvalue weighted by Gasteiger charge is -2.35. The second-order valence-corrected chi connectivity index (χ2v) is 6.62. The molecule has 5 nitrogen and oxygen atoms in total. The second kappa shape index (κ2) is 8.96. The Balaban J connectivity index is 1.88. The van der Waals surface area contributed by atoms with E-state index in [0.29, 0.717) is 44.6 Å². The number of nitrogens with one attached hydrogen (secondary N) is 1. The topological polar surface area (TPSA) is 52.7 Å². The fourth-order valence-corrected chi connectivity index (χ4v) is 3.22. The van der Waals surface area contributed by atoms with Crippen molar-refractivity contribution in [1.82, 2.24) is 15.1 Å². The average molecular weight is 367 g/mol. The smallest absolute Gasteiger partial charge is 0.319 e. The van der Waals surface area contributed by atoms with Crippen LogP contribution in [-0.2, 0) is 4.79 Å². The first-order valence-electron chi connectivity index (χ1n) is 9.16. The van der Waals surface area contributed by atoms with Crippen molar-refractivity contribution in [3.8, 4) is 0 Å². The van der Waals surface area contributed by atoms with Gasteiger partial charge in [-0.05, 0) is 51.3 Å². The number of halogens is 2. The highest BCUT2D eigenvalue weighted by Gasteiger charge is 2.29. The van der Waals surface area contributed by atoms with Crippen molar-refractivity contribution in [2.45, 2.75) is 39.7 Å². The summed E-state index contributed by atoms with van der Waals surface area (Å²) in [5.41, 5.74) is 0.520. The van der Waals surface area contributed by atoms with E-state index >= 15 is 0 Å². The molecule has 1 aromatic rings. The fourth-order valence-electron chi connectivity index (χ4n) is 3.22. The molecule has 0 bridgehead atoms. The second-order valence-electron chi connectivity index (χ2n) is 6.62. The Morgan fingerprint density at radius 2 is 1.81 bits per heavy atom. The van der Waals surface area contributed by atoms with Gasteiger partial charge in [0, 0.05) is 32.1 Å². The van der Waals surface area contributed by atoms with Crippen LogP contribution in [0.1, 0.15) is 45.2 Å². The molecule has 1 atom stereocenters. The number of likely N-dealkylation sites (tertiary alicyclic amines) is 1. The third kappa shape index (κ3) is 4.71. The number of hydrogen-bond acceptors (Lipinski definition) is 2. The lowest BCUT2D eigenvalue weighted by atomic mass is 9.95. The zero-order valence-electron chi connectivity index (χ0n) is 15.6. The van der Waals surface area contributed by atoms with E-state index in [2.05, 4.69) is 5.32 Å². The molecule has 1 unspecified atom stereocenters. The van der Waals surface area contributed by atoms with Gasteiger partial charge in [0.2, 0.25) is 5.91 Å². The Kier molecular flexibility index (Phi) is 6.94. The zero-order chi connectivity index (χ0) is 19.3. The molecule has 0 radical (unpaired) electrons. The maximum atomic E-state index is 13.3. The van der Waals surface area contributed by atoms with E-state index in [0.717, 1.165) is 12.1 Å².